The van der Waals surface area contributed by atoms with Crippen molar-refractivity contribution in [2.75, 3.05) is 23.8 Å². The highest BCUT2D eigenvalue weighted by molar-refractivity contribution is 8.27. The van der Waals surface area contributed by atoms with Crippen LogP contribution in [0.2, 0.25) is 0 Å². The summed E-state index contributed by atoms with van der Waals surface area (Å²) in [6, 6.07) is 0. The van der Waals surface area contributed by atoms with Gasteiger partial charge in [-0.3, -0.25) is 14.1 Å². The topological polar surface area (TPSA) is 52.8 Å². The molecule has 1 heterocycles. The van der Waals surface area contributed by atoms with Crippen LogP contribution in [0.1, 0.15) is 6.92 Å². The first kappa shape index (κ1) is 9.38. The van der Waals surface area contributed by atoms with Crippen molar-refractivity contribution in [3.8, 4) is 0 Å². The van der Waals surface area contributed by atoms with Gasteiger partial charge in [-0.15, -0.1) is 11.8 Å². The molecule has 0 fully saturated rings. The monoisotopic (exact) mass is 195 g/mol. The second kappa shape index (κ2) is 3.80. The minimum absolute atomic E-state index is 0.369. The van der Waals surface area contributed by atoms with Crippen molar-refractivity contribution >= 4 is 27.4 Å². The van der Waals surface area contributed by atoms with Crippen LogP contribution in [0.25, 0.3) is 0 Å². The number of aliphatic imine (C=N–C) groups is 1. The van der Waals surface area contributed by atoms with Crippen LogP contribution in [0, 0.1) is 0 Å². The average Bonchev–Trinajstić information content (AvgIpc) is 2.39. The maximum Gasteiger partial charge on any atom is 0.0867 e. The minimum Gasteiger partial charge on any atom is -0.299 e. The smallest absolute Gasteiger partial charge is 0.0867 e. The summed E-state index contributed by atoms with van der Waals surface area (Å²) < 4.78 is 18.7. The highest BCUT2D eigenvalue weighted by Gasteiger charge is 2.16. The van der Waals surface area contributed by atoms with Crippen molar-refractivity contribution in [1.82, 2.24) is 0 Å². The zero-order chi connectivity index (χ0) is 8.32. The van der Waals surface area contributed by atoms with Crippen molar-refractivity contribution in [3.63, 3.8) is 0 Å². The Labute approximate surface area is 72.6 Å². The third-order valence-corrected chi connectivity index (χ3v) is 4.30. The maximum atomic E-state index is 9.33. The standard InChI is InChI=1S/C6H13NO2S2/c1-2-11(8,9)5-6-7-3-4-10-6/h8-9H,2-5H2,1H3. The van der Waals surface area contributed by atoms with Gasteiger partial charge in [-0.25, -0.2) is 0 Å². The molecule has 0 amide bonds. The van der Waals surface area contributed by atoms with E-state index >= 15 is 0 Å². The summed E-state index contributed by atoms with van der Waals surface area (Å²) in [4.78, 5) is 4.15. The predicted octanol–water partition coefficient (Wildman–Crippen LogP) is 1.90. The second-order valence-electron chi connectivity index (χ2n) is 2.36. The molecule has 0 atom stereocenters. The maximum absolute atomic E-state index is 9.33. The Hall–Kier alpha value is 0.290. The molecule has 11 heavy (non-hydrogen) atoms. The van der Waals surface area contributed by atoms with Crippen LogP contribution in [-0.4, -0.2) is 38.0 Å². The van der Waals surface area contributed by atoms with Gasteiger partial charge in [-0.1, -0.05) is 0 Å². The van der Waals surface area contributed by atoms with E-state index in [2.05, 4.69) is 4.99 Å². The first-order valence-corrected chi connectivity index (χ1v) is 6.41. The fourth-order valence-electron chi connectivity index (χ4n) is 0.767. The van der Waals surface area contributed by atoms with Crippen LogP contribution >= 0.6 is 22.4 Å². The van der Waals surface area contributed by atoms with Gasteiger partial charge >= 0.3 is 0 Å². The SMILES string of the molecule is CCS(O)(O)CC1=NCCS1. The quantitative estimate of drug-likeness (QED) is 0.723. The van der Waals surface area contributed by atoms with Gasteiger partial charge in [-0.05, 0) is 6.92 Å². The molecule has 1 aliphatic rings. The van der Waals surface area contributed by atoms with Crippen LogP contribution < -0.4 is 0 Å². The van der Waals surface area contributed by atoms with E-state index in [9.17, 15) is 9.11 Å². The third-order valence-electron chi connectivity index (χ3n) is 1.47. The van der Waals surface area contributed by atoms with Gasteiger partial charge in [0.05, 0.1) is 10.8 Å². The number of thioether (sulfide) groups is 1. The van der Waals surface area contributed by atoms with Gasteiger partial charge in [0.25, 0.3) is 0 Å². The number of hydrogen-bond donors (Lipinski definition) is 2. The molecular formula is C6H13NO2S2. The highest BCUT2D eigenvalue weighted by atomic mass is 32.3. The summed E-state index contributed by atoms with van der Waals surface area (Å²) in [6.45, 7) is 2.62. The molecule has 3 nitrogen and oxygen atoms in total. The Morgan fingerprint density at radius 2 is 2.36 bits per heavy atom. The molecule has 0 unspecified atom stereocenters. The molecular weight excluding hydrogens is 182 g/mol. The molecule has 0 aromatic rings. The Morgan fingerprint density at radius 3 is 2.82 bits per heavy atom. The van der Waals surface area contributed by atoms with Crippen LogP contribution in [0.15, 0.2) is 4.99 Å². The minimum atomic E-state index is -2.35. The molecule has 0 aromatic heterocycles. The molecule has 0 spiro atoms. The van der Waals surface area contributed by atoms with Crippen molar-refractivity contribution in [2.45, 2.75) is 6.92 Å². The third kappa shape index (κ3) is 3.02. The fraction of sp³-hybridized carbons (Fsp3) is 0.833. The van der Waals surface area contributed by atoms with Gasteiger partial charge in [0, 0.05) is 18.1 Å². The van der Waals surface area contributed by atoms with Gasteiger partial charge in [0.15, 0.2) is 0 Å². The summed E-state index contributed by atoms with van der Waals surface area (Å²) in [5.41, 5.74) is 0. The van der Waals surface area contributed by atoms with Crippen molar-refractivity contribution in [2.24, 2.45) is 4.99 Å². The summed E-state index contributed by atoms with van der Waals surface area (Å²) >= 11 is 1.64. The lowest BCUT2D eigenvalue weighted by Gasteiger charge is -2.30. The molecule has 5 heteroatoms. The van der Waals surface area contributed by atoms with E-state index in [0.717, 1.165) is 17.3 Å². The second-order valence-corrected chi connectivity index (χ2v) is 6.00. The summed E-state index contributed by atoms with van der Waals surface area (Å²) in [5.74, 6) is 1.80. The van der Waals surface area contributed by atoms with Crippen LogP contribution in [0.3, 0.4) is 0 Å². The molecule has 0 aromatic carbocycles. The Balaban J connectivity index is 2.40. The zero-order valence-electron chi connectivity index (χ0n) is 6.49. The average molecular weight is 195 g/mol. The van der Waals surface area contributed by atoms with Crippen LogP contribution in [-0.2, 0) is 0 Å². The molecule has 66 valence electrons. The van der Waals surface area contributed by atoms with Crippen molar-refractivity contribution in [1.29, 1.82) is 0 Å². The summed E-state index contributed by atoms with van der Waals surface area (Å²) in [7, 11) is -2.35. The van der Waals surface area contributed by atoms with E-state index in [4.69, 9.17) is 0 Å². The number of hydrogen-bond acceptors (Lipinski definition) is 4. The first-order valence-electron chi connectivity index (χ1n) is 3.54. The van der Waals surface area contributed by atoms with Gasteiger partial charge in [0.1, 0.15) is 0 Å². The predicted molar refractivity (Wildman–Crippen MR) is 53.0 cm³/mol. The number of rotatable bonds is 3. The molecule has 0 aliphatic carbocycles. The lowest BCUT2D eigenvalue weighted by Crippen LogP contribution is -2.10. The zero-order valence-corrected chi connectivity index (χ0v) is 8.12. The summed E-state index contributed by atoms with van der Waals surface area (Å²) in [5, 5.41) is 0.909. The van der Waals surface area contributed by atoms with E-state index in [1.807, 2.05) is 0 Å². The molecule has 0 radical (unpaired) electrons. The molecule has 0 saturated carbocycles. The van der Waals surface area contributed by atoms with E-state index in [1.54, 1.807) is 18.7 Å². The largest absolute Gasteiger partial charge is 0.299 e. The molecule has 0 saturated heterocycles. The van der Waals surface area contributed by atoms with Crippen molar-refractivity contribution in [3.05, 3.63) is 0 Å². The van der Waals surface area contributed by atoms with Crippen molar-refractivity contribution < 1.29 is 9.11 Å². The summed E-state index contributed by atoms with van der Waals surface area (Å²) in [6.07, 6.45) is 0. The van der Waals surface area contributed by atoms with Gasteiger partial charge in [0.2, 0.25) is 0 Å². The van der Waals surface area contributed by atoms with Crippen LogP contribution in [0.5, 0.6) is 0 Å². The van der Waals surface area contributed by atoms with Crippen LogP contribution in [0.4, 0.5) is 0 Å². The Morgan fingerprint density at radius 1 is 1.64 bits per heavy atom. The molecule has 1 rings (SSSR count). The first-order chi connectivity index (χ1) is 5.14. The van der Waals surface area contributed by atoms with Gasteiger partial charge in [-0.2, -0.15) is 10.6 Å². The van der Waals surface area contributed by atoms with Gasteiger partial charge < -0.3 is 0 Å². The highest BCUT2D eigenvalue weighted by Crippen LogP contribution is 2.39. The van der Waals surface area contributed by atoms with E-state index in [0.29, 0.717) is 11.5 Å². The van der Waals surface area contributed by atoms with E-state index in [-0.39, 0.29) is 0 Å². The molecule has 1 aliphatic heterocycles. The van der Waals surface area contributed by atoms with E-state index < -0.39 is 10.6 Å². The van der Waals surface area contributed by atoms with E-state index in [1.165, 1.54) is 0 Å². The lowest BCUT2D eigenvalue weighted by molar-refractivity contribution is 0.494. The molecule has 2 N–H and O–H groups in total. The Bertz CT molecular complexity index is 170. The Kier molecular flexibility index (Phi) is 3.24. The number of nitrogens with zero attached hydrogens (tertiary/aromatic N) is 1. The lowest BCUT2D eigenvalue weighted by atomic mass is 10.7. The molecule has 0 bridgehead atoms. The normalized spacial score (nSPS) is 20.1. The fourth-order valence-corrected chi connectivity index (χ4v) is 2.96.